The van der Waals surface area contributed by atoms with Crippen molar-refractivity contribution in [1.82, 2.24) is 0 Å². The fourth-order valence-corrected chi connectivity index (χ4v) is 2.22. The Labute approximate surface area is 122 Å². The summed E-state index contributed by atoms with van der Waals surface area (Å²) < 4.78 is 11.2. The number of aliphatic hydroxyl groups is 1. The summed E-state index contributed by atoms with van der Waals surface area (Å²) in [5.74, 6) is 2.06. The lowest BCUT2D eigenvalue weighted by molar-refractivity contribution is 0.183. The van der Waals surface area contributed by atoms with Crippen molar-refractivity contribution in [2.75, 3.05) is 13.7 Å². The Hall–Kier alpha value is -1.22. The SMILES string of the molecule is CCCCC(CC)COc1cc(OC)ccc1[C@H](C)O. The molecule has 0 radical (unpaired) electrons. The van der Waals surface area contributed by atoms with Gasteiger partial charge in [-0.2, -0.15) is 0 Å². The third-order valence-corrected chi connectivity index (χ3v) is 3.69. The molecule has 0 saturated heterocycles. The molecule has 1 aromatic rings. The van der Waals surface area contributed by atoms with Crippen LogP contribution in [0.25, 0.3) is 0 Å². The first-order valence-electron chi connectivity index (χ1n) is 7.61. The van der Waals surface area contributed by atoms with E-state index in [2.05, 4.69) is 13.8 Å². The van der Waals surface area contributed by atoms with Gasteiger partial charge in [0.1, 0.15) is 11.5 Å². The van der Waals surface area contributed by atoms with Crippen LogP contribution in [0.2, 0.25) is 0 Å². The molecule has 0 heterocycles. The van der Waals surface area contributed by atoms with Crippen molar-refractivity contribution in [2.24, 2.45) is 5.92 Å². The smallest absolute Gasteiger partial charge is 0.128 e. The minimum atomic E-state index is -0.536. The molecule has 0 amide bonds. The average Bonchev–Trinajstić information content (AvgIpc) is 2.47. The summed E-state index contributed by atoms with van der Waals surface area (Å²) in [5, 5.41) is 9.81. The highest BCUT2D eigenvalue weighted by Crippen LogP contribution is 2.30. The number of aliphatic hydroxyl groups excluding tert-OH is 1. The molecule has 3 heteroatoms. The van der Waals surface area contributed by atoms with E-state index >= 15 is 0 Å². The van der Waals surface area contributed by atoms with Gasteiger partial charge in [0.25, 0.3) is 0 Å². The Morgan fingerprint density at radius 2 is 2.00 bits per heavy atom. The molecule has 0 saturated carbocycles. The summed E-state index contributed by atoms with van der Waals surface area (Å²) in [4.78, 5) is 0. The Morgan fingerprint density at radius 3 is 2.55 bits per heavy atom. The van der Waals surface area contributed by atoms with Crippen LogP contribution in [-0.2, 0) is 0 Å². The van der Waals surface area contributed by atoms with E-state index < -0.39 is 6.10 Å². The van der Waals surface area contributed by atoms with Gasteiger partial charge in [-0.25, -0.2) is 0 Å². The molecule has 1 aromatic carbocycles. The minimum Gasteiger partial charge on any atom is -0.497 e. The van der Waals surface area contributed by atoms with E-state index in [-0.39, 0.29) is 0 Å². The summed E-state index contributed by atoms with van der Waals surface area (Å²) in [6.07, 6.45) is 4.24. The van der Waals surface area contributed by atoms with Gasteiger partial charge in [-0.3, -0.25) is 0 Å². The average molecular weight is 280 g/mol. The van der Waals surface area contributed by atoms with Crippen LogP contribution >= 0.6 is 0 Å². The van der Waals surface area contributed by atoms with Crippen molar-refractivity contribution in [3.8, 4) is 11.5 Å². The van der Waals surface area contributed by atoms with E-state index in [0.717, 1.165) is 23.5 Å². The molecule has 2 atom stereocenters. The Bertz CT molecular complexity index is 388. The number of methoxy groups -OCH3 is 1. The van der Waals surface area contributed by atoms with Crippen molar-refractivity contribution in [1.29, 1.82) is 0 Å². The first kappa shape index (κ1) is 16.8. The Kier molecular flexibility index (Phi) is 7.45. The maximum Gasteiger partial charge on any atom is 0.128 e. The van der Waals surface area contributed by atoms with Crippen LogP contribution in [0.3, 0.4) is 0 Å². The first-order chi connectivity index (χ1) is 9.62. The number of rotatable bonds is 9. The van der Waals surface area contributed by atoms with E-state index in [9.17, 15) is 5.11 Å². The highest BCUT2D eigenvalue weighted by Gasteiger charge is 2.13. The van der Waals surface area contributed by atoms with Gasteiger partial charge < -0.3 is 14.6 Å². The van der Waals surface area contributed by atoms with E-state index in [1.807, 2.05) is 18.2 Å². The predicted octanol–water partition coefficient (Wildman–Crippen LogP) is 4.34. The molecule has 0 aliphatic heterocycles. The van der Waals surface area contributed by atoms with Crippen molar-refractivity contribution in [2.45, 2.75) is 52.6 Å². The standard InChI is InChI=1S/C17H28O3/c1-5-7-8-14(6-2)12-20-17-11-15(19-4)9-10-16(17)13(3)18/h9-11,13-14,18H,5-8,12H2,1-4H3/t13-,14?/m0/s1. The second kappa shape index (κ2) is 8.85. The molecule has 0 aromatic heterocycles. The molecule has 0 spiro atoms. The van der Waals surface area contributed by atoms with Gasteiger partial charge in [0, 0.05) is 11.6 Å². The van der Waals surface area contributed by atoms with Gasteiger partial charge in [0.05, 0.1) is 19.8 Å². The van der Waals surface area contributed by atoms with Crippen molar-refractivity contribution in [3.05, 3.63) is 23.8 Å². The Balaban J connectivity index is 2.73. The maximum atomic E-state index is 9.81. The quantitative estimate of drug-likeness (QED) is 0.731. The van der Waals surface area contributed by atoms with Crippen LogP contribution in [0.4, 0.5) is 0 Å². The summed E-state index contributed by atoms with van der Waals surface area (Å²) in [6, 6.07) is 5.57. The molecule has 0 aliphatic carbocycles. The van der Waals surface area contributed by atoms with E-state index in [4.69, 9.17) is 9.47 Å². The molecule has 1 N–H and O–H groups in total. The van der Waals surface area contributed by atoms with Crippen LogP contribution in [-0.4, -0.2) is 18.8 Å². The summed E-state index contributed by atoms with van der Waals surface area (Å²) in [5.41, 5.74) is 0.816. The molecular formula is C17H28O3. The number of benzene rings is 1. The van der Waals surface area contributed by atoms with Gasteiger partial charge in [0.2, 0.25) is 0 Å². The predicted molar refractivity (Wildman–Crippen MR) is 82.4 cm³/mol. The molecule has 3 nitrogen and oxygen atoms in total. The first-order valence-corrected chi connectivity index (χ1v) is 7.61. The lowest BCUT2D eigenvalue weighted by Gasteiger charge is -2.19. The van der Waals surface area contributed by atoms with E-state index in [1.54, 1.807) is 14.0 Å². The van der Waals surface area contributed by atoms with Crippen LogP contribution in [0, 0.1) is 5.92 Å². The lowest BCUT2D eigenvalue weighted by atomic mass is 10.0. The van der Waals surface area contributed by atoms with Gasteiger partial charge in [-0.1, -0.05) is 33.1 Å². The van der Waals surface area contributed by atoms with Crippen molar-refractivity contribution in [3.63, 3.8) is 0 Å². The van der Waals surface area contributed by atoms with Crippen LogP contribution in [0.1, 0.15) is 58.1 Å². The van der Waals surface area contributed by atoms with Crippen LogP contribution < -0.4 is 9.47 Å². The van der Waals surface area contributed by atoms with E-state index in [1.165, 1.54) is 19.3 Å². The number of ether oxygens (including phenoxy) is 2. The fraction of sp³-hybridized carbons (Fsp3) is 0.647. The Morgan fingerprint density at radius 1 is 1.25 bits per heavy atom. The number of hydrogen-bond acceptors (Lipinski definition) is 3. The van der Waals surface area contributed by atoms with Gasteiger partial charge in [-0.15, -0.1) is 0 Å². The van der Waals surface area contributed by atoms with Crippen LogP contribution in [0.5, 0.6) is 11.5 Å². The molecule has 0 fully saturated rings. The third kappa shape index (κ3) is 5.04. The van der Waals surface area contributed by atoms with Crippen molar-refractivity contribution >= 4 is 0 Å². The zero-order valence-corrected chi connectivity index (χ0v) is 13.2. The maximum absolute atomic E-state index is 9.81. The van der Waals surface area contributed by atoms with E-state index in [0.29, 0.717) is 12.5 Å². The molecular weight excluding hydrogens is 252 g/mol. The largest absolute Gasteiger partial charge is 0.497 e. The molecule has 0 bridgehead atoms. The number of unbranched alkanes of at least 4 members (excludes halogenated alkanes) is 1. The zero-order chi connectivity index (χ0) is 15.0. The topological polar surface area (TPSA) is 38.7 Å². The highest BCUT2D eigenvalue weighted by atomic mass is 16.5. The number of hydrogen-bond donors (Lipinski definition) is 1. The normalized spacial score (nSPS) is 13.8. The molecule has 1 unspecified atom stereocenters. The molecule has 1 rings (SSSR count). The summed E-state index contributed by atoms with van der Waals surface area (Å²) in [7, 11) is 1.64. The second-order valence-electron chi connectivity index (χ2n) is 5.31. The second-order valence-corrected chi connectivity index (χ2v) is 5.31. The highest BCUT2D eigenvalue weighted by molar-refractivity contribution is 5.41. The third-order valence-electron chi connectivity index (χ3n) is 3.69. The van der Waals surface area contributed by atoms with Gasteiger partial charge >= 0.3 is 0 Å². The zero-order valence-electron chi connectivity index (χ0n) is 13.2. The minimum absolute atomic E-state index is 0.536. The monoisotopic (exact) mass is 280 g/mol. The molecule has 114 valence electrons. The summed E-state index contributed by atoms with van der Waals surface area (Å²) >= 11 is 0. The molecule has 0 aliphatic rings. The lowest BCUT2D eigenvalue weighted by Crippen LogP contribution is -2.12. The molecule has 20 heavy (non-hydrogen) atoms. The summed E-state index contributed by atoms with van der Waals surface area (Å²) in [6.45, 7) is 6.86. The van der Waals surface area contributed by atoms with Crippen LogP contribution in [0.15, 0.2) is 18.2 Å². The van der Waals surface area contributed by atoms with Gasteiger partial charge in [-0.05, 0) is 31.4 Å². The van der Waals surface area contributed by atoms with Crippen molar-refractivity contribution < 1.29 is 14.6 Å². The van der Waals surface area contributed by atoms with Gasteiger partial charge in [0.15, 0.2) is 0 Å². The fourth-order valence-electron chi connectivity index (χ4n) is 2.22.